The molecule has 0 saturated carbocycles. The van der Waals surface area contributed by atoms with Crippen LogP contribution in [0.4, 0.5) is 5.69 Å². The van der Waals surface area contributed by atoms with E-state index in [2.05, 4.69) is 34.6 Å². The molecule has 2 aliphatic rings. The van der Waals surface area contributed by atoms with E-state index in [9.17, 15) is 9.90 Å². The molecule has 0 fully saturated rings. The van der Waals surface area contributed by atoms with Crippen molar-refractivity contribution in [1.29, 1.82) is 0 Å². The van der Waals surface area contributed by atoms with Crippen LogP contribution >= 0.6 is 0 Å². The molecule has 34 heavy (non-hydrogen) atoms. The van der Waals surface area contributed by atoms with E-state index in [1.165, 1.54) is 12.7 Å². The van der Waals surface area contributed by atoms with Crippen LogP contribution in [0.5, 0.6) is 11.5 Å². The zero-order chi connectivity index (χ0) is 23.2. The van der Waals surface area contributed by atoms with Crippen molar-refractivity contribution in [2.45, 2.75) is 24.7 Å². The maximum atomic E-state index is 13.8. The Kier molecular flexibility index (Phi) is 4.84. The molecule has 5 nitrogen and oxygen atoms in total. The van der Waals surface area contributed by atoms with Gasteiger partial charge in [-0.2, -0.15) is 0 Å². The first-order valence-electron chi connectivity index (χ1n) is 11.5. The second-order valence-corrected chi connectivity index (χ2v) is 8.92. The van der Waals surface area contributed by atoms with Gasteiger partial charge in [-0.05, 0) is 59.4 Å². The van der Waals surface area contributed by atoms with Gasteiger partial charge in [0.15, 0.2) is 17.3 Å². The second-order valence-electron chi connectivity index (χ2n) is 8.92. The topological polar surface area (TPSA) is 71.5 Å². The Morgan fingerprint density at radius 1 is 0.971 bits per heavy atom. The number of carbonyl (C=O) groups is 1. The van der Waals surface area contributed by atoms with Gasteiger partial charge in [0, 0.05) is 40.9 Å². The van der Waals surface area contributed by atoms with Crippen LogP contribution in [0, 0.1) is 0 Å². The average molecular weight is 449 g/mol. The Balaban J connectivity index is 1.57. The lowest BCUT2D eigenvalue weighted by molar-refractivity contribution is -0.116. The summed E-state index contributed by atoms with van der Waals surface area (Å²) in [6.45, 7) is 0. The molecule has 5 heteroatoms. The van der Waals surface area contributed by atoms with Crippen LogP contribution in [-0.4, -0.2) is 23.0 Å². The van der Waals surface area contributed by atoms with Crippen molar-refractivity contribution in [2.75, 3.05) is 12.4 Å². The highest BCUT2D eigenvalue weighted by Gasteiger charge is 2.39. The number of pyridine rings is 1. The summed E-state index contributed by atoms with van der Waals surface area (Å²) >= 11 is 0. The maximum absolute atomic E-state index is 13.8. The minimum Gasteiger partial charge on any atom is -0.504 e. The Bertz CT molecular complexity index is 1460. The van der Waals surface area contributed by atoms with Gasteiger partial charge < -0.3 is 15.2 Å². The van der Waals surface area contributed by atoms with E-state index < -0.39 is 0 Å². The highest BCUT2D eigenvalue weighted by molar-refractivity contribution is 6.04. The fourth-order valence-electron chi connectivity index (χ4n) is 5.45. The largest absolute Gasteiger partial charge is 0.504 e. The number of ether oxygens (including phenoxy) is 1. The number of benzene rings is 3. The number of phenols is 1. The van der Waals surface area contributed by atoms with Gasteiger partial charge in [-0.15, -0.1) is 0 Å². The van der Waals surface area contributed by atoms with E-state index in [-0.39, 0.29) is 23.4 Å². The summed E-state index contributed by atoms with van der Waals surface area (Å²) < 4.78 is 5.41. The van der Waals surface area contributed by atoms with E-state index in [4.69, 9.17) is 4.74 Å². The first-order valence-corrected chi connectivity index (χ1v) is 11.5. The van der Waals surface area contributed by atoms with Crippen molar-refractivity contribution < 1.29 is 14.6 Å². The van der Waals surface area contributed by atoms with E-state index >= 15 is 0 Å². The number of methoxy groups -OCH3 is 1. The number of nitrogens with zero attached hydrogens (tertiary/aromatic N) is 1. The van der Waals surface area contributed by atoms with Gasteiger partial charge in [0.05, 0.1) is 12.6 Å². The number of hydrogen-bond acceptors (Lipinski definition) is 5. The number of fused-ring (bicyclic) bond motifs is 3. The predicted molar refractivity (Wildman–Crippen MR) is 132 cm³/mol. The Hall–Kier alpha value is -4.12. The number of rotatable bonds is 3. The maximum Gasteiger partial charge on any atom is 0.162 e. The number of phenolic OH excluding ortho intramolecular Hbond substituents is 1. The number of ketones is 1. The predicted octanol–water partition coefficient (Wildman–Crippen LogP) is 5.91. The third-order valence-corrected chi connectivity index (χ3v) is 7.01. The third kappa shape index (κ3) is 3.24. The van der Waals surface area contributed by atoms with Crippen LogP contribution in [0.2, 0.25) is 0 Å². The number of allylic oxidation sites excluding steroid dienone is 2. The highest BCUT2D eigenvalue weighted by atomic mass is 16.5. The zero-order valence-corrected chi connectivity index (χ0v) is 18.8. The number of aromatic nitrogens is 1. The number of aromatic hydroxyl groups is 1. The summed E-state index contributed by atoms with van der Waals surface area (Å²) in [6, 6.07) is 23.7. The van der Waals surface area contributed by atoms with Crippen molar-refractivity contribution in [3.63, 3.8) is 0 Å². The molecule has 0 spiro atoms. The van der Waals surface area contributed by atoms with Crippen molar-refractivity contribution in [1.82, 2.24) is 4.98 Å². The monoisotopic (exact) mass is 448 g/mol. The second kappa shape index (κ2) is 8.03. The summed E-state index contributed by atoms with van der Waals surface area (Å²) in [6.07, 6.45) is 3.01. The van der Waals surface area contributed by atoms with Crippen molar-refractivity contribution >= 4 is 22.4 Å². The first kappa shape index (κ1) is 20.5. The summed E-state index contributed by atoms with van der Waals surface area (Å²) in [5.41, 5.74) is 6.75. The molecule has 168 valence electrons. The lowest BCUT2D eigenvalue weighted by Crippen LogP contribution is -2.30. The van der Waals surface area contributed by atoms with E-state index in [1.54, 1.807) is 12.3 Å². The van der Waals surface area contributed by atoms with E-state index in [1.807, 2.05) is 42.5 Å². The molecule has 2 N–H and O–H groups in total. The molecule has 1 aromatic heterocycles. The minimum absolute atomic E-state index is 0.0771. The normalized spacial score (nSPS) is 19.4. The van der Waals surface area contributed by atoms with Gasteiger partial charge in [0.25, 0.3) is 0 Å². The molecule has 2 atom stereocenters. The molecule has 2 heterocycles. The SMILES string of the molecule is COc1cc([C@@H]2C3=C(C[C@H](c4ccccc4)CC3=O)Nc3ccc4ncccc4c32)ccc1O. The highest BCUT2D eigenvalue weighted by Crippen LogP contribution is 2.50. The van der Waals surface area contributed by atoms with Gasteiger partial charge in [-0.3, -0.25) is 9.78 Å². The van der Waals surface area contributed by atoms with Crippen LogP contribution in [0.15, 0.2) is 90.3 Å². The molecular formula is C29H24N2O3. The van der Waals surface area contributed by atoms with Gasteiger partial charge >= 0.3 is 0 Å². The average Bonchev–Trinajstić information content (AvgIpc) is 2.88. The summed E-state index contributed by atoms with van der Waals surface area (Å²) in [5.74, 6) is 0.472. The molecule has 0 unspecified atom stereocenters. The molecule has 0 amide bonds. The molecule has 6 rings (SSSR count). The lowest BCUT2D eigenvalue weighted by Gasteiger charge is -2.37. The van der Waals surface area contributed by atoms with E-state index in [0.717, 1.165) is 45.4 Å². The van der Waals surface area contributed by atoms with Crippen molar-refractivity contribution in [2.24, 2.45) is 0 Å². The summed E-state index contributed by atoms with van der Waals surface area (Å²) in [7, 11) is 1.54. The van der Waals surface area contributed by atoms with Crippen LogP contribution in [0.25, 0.3) is 10.9 Å². The number of hydrogen-bond donors (Lipinski definition) is 2. The van der Waals surface area contributed by atoms with Gasteiger partial charge in [-0.25, -0.2) is 0 Å². The number of Topliss-reactive ketones (excluding diaryl/α,β-unsaturated/α-hetero) is 1. The quantitative estimate of drug-likeness (QED) is 0.408. The fourth-order valence-corrected chi connectivity index (χ4v) is 5.45. The standard InChI is InChI=1S/C29H24N2O3/c1-34-26-16-18(9-12-24(26)32)27-28-20-8-5-13-30-21(20)10-11-22(28)31-23-14-19(15-25(33)29(23)27)17-6-3-2-4-7-17/h2-13,16,19,27,31-32H,14-15H2,1H3/t19-,27-/m0/s1. The molecule has 0 bridgehead atoms. The third-order valence-electron chi connectivity index (χ3n) is 7.01. The van der Waals surface area contributed by atoms with Crippen LogP contribution < -0.4 is 10.1 Å². The molecular weight excluding hydrogens is 424 g/mol. The molecule has 0 saturated heterocycles. The van der Waals surface area contributed by atoms with Crippen LogP contribution in [0.1, 0.15) is 41.4 Å². The molecule has 4 aromatic rings. The van der Waals surface area contributed by atoms with Gasteiger partial charge in [0.2, 0.25) is 0 Å². The summed E-state index contributed by atoms with van der Waals surface area (Å²) in [4.78, 5) is 18.3. The van der Waals surface area contributed by atoms with Crippen molar-refractivity contribution in [3.8, 4) is 11.5 Å². The van der Waals surface area contributed by atoms with Gasteiger partial charge in [0.1, 0.15) is 0 Å². The Labute approximate surface area is 197 Å². The Morgan fingerprint density at radius 2 is 1.82 bits per heavy atom. The van der Waals surface area contributed by atoms with Crippen LogP contribution in [-0.2, 0) is 4.79 Å². The fraction of sp³-hybridized carbons (Fsp3) is 0.172. The smallest absolute Gasteiger partial charge is 0.162 e. The van der Waals surface area contributed by atoms with Crippen LogP contribution in [0.3, 0.4) is 0 Å². The molecule has 1 aliphatic heterocycles. The molecule has 1 aliphatic carbocycles. The number of nitrogens with one attached hydrogen (secondary N) is 1. The minimum atomic E-state index is -0.280. The van der Waals surface area contributed by atoms with E-state index in [0.29, 0.717) is 12.2 Å². The van der Waals surface area contributed by atoms with Crippen molar-refractivity contribution in [3.05, 3.63) is 107 Å². The lowest BCUT2D eigenvalue weighted by atomic mass is 9.71. The molecule has 0 radical (unpaired) electrons. The Morgan fingerprint density at radius 3 is 2.65 bits per heavy atom. The van der Waals surface area contributed by atoms with Gasteiger partial charge in [-0.1, -0.05) is 42.5 Å². The number of carbonyl (C=O) groups excluding carboxylic acids is 1. The summed E-state index contributed by atoms with van der Waals surface area (Å²) in [5, 5.41) is 14.8. The zero-order valence-electron chi connectivity index (χ0n) is 18.8. The first-order chi connectivity index (χ1) is 16.6. The number of anilines is 1. The molecule has 3 aromatic carbocycles.